The standard InChI is InChI=1S/C23H37N3O8/c1-16(10-14-27)21(31)25(5)13-9-18(28)24-12-8-17(2)33-15-11-23(3,4)22(32)34-26-19(29)6-7-20(26)30/h14,16-17H,6-13,15H2,1-5H3,(H,24,28). The second kappa shape index (κ2) is 13.8. The number of imide groups is 1. The fourth-order valence-corrected chi connectivity index (χ4v) is 3.07. The zero-order chi connectivity index (χ0) is 25.9. The average molecular weight is 484 g/mol. The van der Waals surface area contributed by atoms with Gasteiger partial charge in [-0.3, -0.25) is 19.2 Å². The second-order valence-electron chi connectivity index (χ2n) is 9.23. The van der Waals surface area contributed by atoms with Gasteiger partial charge in [-0.25, -0.2) is 4.79 Å². The van der Waals surface area contributed by atoms with Gasteiger partial charge in [0.2, 0.25) is 11.8 Å². The van der Waals surface area contributed by atoms with Crippen molar-refractivity contribution in [1.82, 2.24) is 15.3 Å². The largest absolute Gasteiger partial charge is 0.378 e. The number of nitrogens with zero attached hydrogens (tertiary/aromatic N) is 2. The first-order valence-electron chi connectivity index (χ1n) is 11.5. The molecule has 0 spiro atoms. The van der Waals surface area contributed by atoms with Crippen molar-refractivity contribution in [1.29, 1.82) is 0 Å². The Hall–Kier alpha value is -2.82. The summed E-state index contributed by atoms with van der Waals surface area (Å²) in [7, 11) is 1.60. The molecule has 11 nitrogen and oxygen atoms in total. The van der Waals surface area contributed by atoms with Gasteiger partial charge in [-0.2, -0.15) is 0 Å². The molecule has 0 aromatic carbocycles. The van der Waals surface area contributed by atoms with E-state index in [4.69, 9.17) is 9.57 Å². The molecule has 2 unspecified atom stereocenters. The number of hydrogen-bond donors (Lipinski definition) is 1. The van der Waals surface area contributed by atoms with E-state index in [2.05, 4.69) is 5.32 Å². The van der Waals surface area contributed by atoms with Crippen molar-refractivity contribution in [3.63, 3.8) is 0 Å². The van der Waals surface area contributed by atoms with E-state index in [1.807, 2.05) is 6.92 Å². The molecule has 1 rings (SSSR count). The highest BCUT2D eigenvalue weighted by molar-refractivity contribution is 6.01. The van der Waals surface area contributed by atoms with Gasteiger partial charge in [0.05, 0.1) is 11.5 Å². The molecule has 4 amide bonds. The molecule has 192 valence electrons. The Labute approximate surface area is 200 Å². The Morgan fingerprint density at radius 3 is 2.38 bits per heavy atom. The van der Waals surface area contributed by atoms with Gasteiger partial charge in [-0.15, -0.1) is 5.06 Å². The molecule has 0 bridgehead atoms. The summed E-state index contributed by atoms with van der Waals surface area (Å²) >= 11 is 0. The minimum Gasteiger partial charge on any atom is -0.378 e. The fraction of sp³-hybridized carbons (Fsp3) is 0.739. The third-order valence-corrected chi connectivity index (χ3v) is 5.66. The van der Waals surface area contributed by atoms with Crippen LogP contribution in [0.5, 0.6) is 0 Å². The van der Waals surface area contributed by atoms with Crippen LogP contribution in [0.2, 0.25) is 0 Å². The van der Waals surface area contributed by atoms with Crippen LogP contribution in [0.1, 0.15) is 66.2 Å². The van der Waals surface area contributed by atoms with Gasteiger partial charge in [-0.1, -0.05) is 6.92 Å². The van der Waals surface area contributed by atoms with Crippen LogP contribution < -0.4 is 5.32 Å². The molecular weight excluding hydrogens is 446 g/mol. The predicted octanol–water partition coefficient (Wildman–Crippen LogP) is 0.995. The maximum Gasteiger partial charge on any atom is 0.338 e. The van der Waals surface area contributed by atoms with Crippen LogP contribution >= 0.6 is 0 Å². The monoisotopic (exact) mass is 483 g/mol. The van der Waals surface area contributed by atoms with E-state index >= 15 is 0 Å². The Kier molecular flexibility index (Phi) is 11.8. The highest BCUT2D eigenvalue weighted by Gasteiger charge is 2.38. The van der Waals surface area contributed by atoms with Crippen LogP contribution in [0.25, 0.3) is 0 Å². The van der Waals surface area contributed by atoms with Crippen molar-refractivity contribution in [2.24, 2.45) is 11.3 Å². The lowest BCUT2D eigenvalue weighted by Gasteiger charge is -2.25. The number of aldehydes is 1. The third-order valence-electron chi connectivity index (χ3n) is 5.66. The van der Waals surface area contributed by atoms with Crippen LogP contribution in [0.15, 0.2) is 0 Å². The minimum absolute atomic E-state index is 0.0408. The number of carbonyl (C=O) groups is 6. The quantitative estimate of drug-likeness (QED) is 0.269. The SMILES string of the molecule is CC(CCNC(=O)CCN(C)C(=O)C(C)CC=O)OCCC(C)(C)C(=O)ON1C(=O)CCC1=O. The maximum absolute atomic E-state index is 12.3. The van der Waals surface area contributed by atoms with E-state index in [0.717, 1.165) is 0 Å². The lowest BCUT2D eigenvalue weighted by Crippen LogP contribution is -2.38. The zero-order valence-corrected chi connectivity index (χ0v) is 20.8. The number of rotatable bonds is 15. The molecule has 1 heterocycles. The number of amides is 4. The van der Waals surface area contributed by atoms with Gasteiger partial charge in [0, 0.05) is 58.3 Å². The lowest BCUT2D eigenvalue weighted by molar-refractivity contribution is -0.204. The summed E-state index contributed by atoms with van der Waals surface area (Å²) in [6.45, 7) is 7.73. The first-order valence-corrected chi connectivity index (χ1v) is 11.5. The van der Waals surface area contributed by atoms with Crippen LogP contribution in [0, 0.1) is 11.3 Å². The van der Waals surface area contributed by atoms with Crippen molar-refractivity contribution in [3.05, 3.63) is 0 Å². The smallest absolute Gasteiger partial charge is 0.338 e. The predicted molar refractivity (Wildman–Crippen MR) is 121 cm³/mol. The van der Waals surface area contributed by atoms with Crippen molar-refractivity contribution < 1.29 is 38.3 Å². The average Bonchev–Trinajstić information content (AvgIpc) is 3.08. The van der Waals surface area contributed by atoms with E-state index in [-0.39, 0.29) is 56.8 Å². The zero-order valence-electron chi connectivity index (χ0n) is 20.8. The molecule has 0 saturated carbocycles. The molecule has 2 atom stereocenters. The highest BCUT2D eigenvalue weighted by Crippen LogP contribution is 2.25. The molecule has 1 saturated heterocycles. The molecule has 0 aromatic heterocycles. The van der Waals surface area contributed by atoms with Gasteiger partial charge in [0.1, 0.15) is 6.29 Å². The summed E-state index contributed by atoms with van der Waals surface area (Å²) in [6, 6.07) is 0. The Morgan fingerprint density at radius 1 is 1.18 bits per heavy atom. The van der Waals surface area contributed by atoms with Gasteiger partial charge >= 0.3 is 5.97 Å². The molecule has 1 aliphatic heterocycles. The lowest BCUT2D eigenvalue weighted by atomic mass is 9.90. The summed E-state index contributed by atoms with van der Waals surface area (Å²) in [5, 5.41) is 3.32. The number of carbonyl (C=O) groups excluding carboxylic acids is 6. The molecule has 0 aliphatic carbocycles. The van der Waals surface area contributed by atoms with E-state index < -0.39 is 29.1 Å². The van der Waals surface area contributed by atoms with E-state index in [0.29, 0.717) is 30.7 Å². The number of ether oxygens (including phenoxy) is 1. The van der Waals surface area contributed by atoms with Crippen LogP contribution in [-0.4, -0.2) is 78.7 Å². The third kappa shape index (κ3) is 9.58. The maximum atomic E-state index is 12.3. The Bertz CT molecular complexity index is 751. The van der Waals surface area contributed by atoms with Gasteiger partial charge in [-0.05, 0) is 33.6 Å². The van der Waals surface area contributed by atoms with Crippen molar-refractivity contribution in [3.8, 4) is 0 Å². The summed E-state index contributed by atoms with van der Waals surface area (Å²) < 4.78 is 5.71. The molecule has 1 aliphatic rings. The first kappa shape index (κ1) is 29.2. The summed E-state index contributed by atoms with van der Waals surface area (Å²) in [5.41, 5.74) is -0.955. The van der Waals surface area contributed by atoms with E-state index in [1.165, 1.54) is 4.90 Å². The second-order valence-corrected chi connectivity index (χ2v) is 9.23. The number of hydrogen-bond acceptors (Lipinski definition) is 8. The fourth-order valence-electron chi connectivity index (χ4n) is 3.07. The van der Waals surface area contributed by atoms with E-state index in [9.17, 15) is 28.8 Å². The normalized spacial score (nSPS) is 15.6. The molecule has 1 fully saturated rings. The van der Waals surface area contributed by atoms with Gasteiger partial charge in [0.15, 0.2) is 0 Å². The summed E-state index contributed by atoms with van der Waals surface area (Å²) in [6.07, 6.45) is 1.80. The molecule has 0 aromatic rings. The van der Waals surface area contributed by atoms with Crippen LogP contribution in [0.4, 0.5) is 0 Å². The van der Waals surface area contributed by atoms with Crippen molar-refractivity contribution in [2.45, 2.75) is 72.3 Å². The van der Waals surface area contributed by atoms with Crippen molar-refractivity contribution in [2.75, 3.05) is 26.7 Å². The summed E-state index contributed by atoms with van der Waals surface area (Å²) in [4.78, 5) is 76.5. The van der Waals surface area contributed by atoms with Crippen LogP contribution in [0.3, 0.4) is 0 Å². The number of hydroxylamine groups is 2. The minimum atomic E-state index is -0.955. The highest BCUT2D eigenvalue weighted by atomic mass is 16.7. The number of nitrogens with one attached hydrogen (secondary N) is 1. The molecule has 0 radical (unpaired) electrons. The molecular formula is C23H37N3O8. The van der Waals surface area contributed by atoms with E-state index in [1.54, 1.807) is 27.8 Å². The summed E-state index contributed by atoms with van der Waals surface area (Å²) in [5.74, 6) is -2.49. The van der Waals surface area contributed by atoms with Gasteiger partial charge < -0.3 is 24.6 Å². The Morgan fingerprint density at radius 2 is 1.79 bits per heavy atom. The molecule has 11 heteroatoms. The van der Waals surface area contributed by atoms with Crippen molar-refractivity contribution >= 4 is 35.9 Å². The molecule has 34 heavy (non-hydrogen) atoms. The first-order chi connectivity index (χ1) is 15.9. The Balaban J connectivity index is 2.24. The topological polar surface area (TPSA) is 139 Å². The van der Waals surface area contributed by atoms with Crippen LogP contribution in [-0.2, 0) is 38.3 Å². The van der Waals surface area contributed by atoms with Gasteiger partial charge in [0.25, 0.3) is 11.8 Å². The molecule has 1 N–H and O–H groups in total.